The van der Waals surface area contributed by atoms with Crippen LogP contribution in [0.4, 0.5) is 20.3 Å². The fourth-order valence-electron chi connectivity index (χ4n) is 5.78. The molecule has 45 heavy (non-hydrogen) atoms. The molecule has 0 atom stereocenters. The van der Waals surface area contributed by atoms with E-state index >= 15 is 0 Å². The van der Waals surface area contributed by atoms with Crippen molar-refractivity contribution < 1.29 is 36.3 Å². The lowest BCUT2D eigenvalue weighted by Gasteiger charge is -2.27. The monoisotopic (exact) mass is 644 g/mol. The Morgan fingerprint density at radius 1 is 0.956 bits per heavy atom. The van der Waals surface area contributed by atoms with Crippen molar-refractivity contribution in [2.75, 3.05) is 56.7 Å². The molecule has 0 spiro atoms. The maximum atomic E-state index is 13.8. The molecule has 0 bridgehead atoms. The van der Waals surface area contributed by atoms with E-state index in [9.17, 15) is 26.8 Å². The number of fused-ring (bicyclic) bond motifs is 1. The van der Waals surface area contributed by atoms with Crippen molar-refractivity contribution in [2.45, 2.75) is 37.2 Å². The highest BCUT2D eigenvalue weighted by atomic mass is 32.2. The number of hydrogen-bond acceptors (Lipinski definition) is 8. The number of aromatic nitrogens is 2. The van der Waals surface area contributed by atoms with Crippen LogP contribution >= 0.6 is 0 Å². The van der Waals surface area contributed by atoms with E-state index in [-0.39, 0.29) is 42.7 Å². The van der Waals surface area contributed by atoms with Crippen LogP contribution in [0.2, 0.25) is 0 Å². The van der Waals surface area contributed by atoms with Crippen molar-refractivity contribution in [1.82, 2.24) is 19.4 Å². The SMILES string of the molecule is O=C(Nc1n[nH]c2c1CN(S(=O)(=O)c1cc(F)cc(F)c1)CC2)c1ccc(CN2CCOCC2)cc1NC(=O)C1CCOCC1. The van der Waals surface area contributed by atoms with Gasteiger partial charge in [0.1, 0.15) is 11.6 Å². The summed E-state index contributed by atoms with van der Waals surface area (Å²) in [7, 11) is -4.24. The van der Waals surface area contributed by atoms with Crippen molar-refractivity contribution in [3.63, 3.8) is 0 Å². The summed E-state index contributed by atoms with van der Waals surface area (Å²) in [6.07, 6.45) is 1.42. The Kier molecular flexibility index (Phi) is 9.23. The first-order valence-electron chi connectivity index (χ1n) is 14.8. The van der Waals surface area contributed by atoms with Gasteiger partial charge in [0.2, 0.25) is 15.9 Å². The van der Waals surface area contributed by atoms with Gasteiger partial charge in [0, 0.05) is 75.6 Å². The van der Waals surface area contributed by atoms with E-state index in [2.05, 4.69) is 25.7 Å². The van der Waals surface area contributed by atoms with Crippen LogP contribution in [-0.4, -0.2) is 85.7 Å². The molecule has 0 aliphatic carbocycles. The molecule has 2 aromatic carbocycles. The summed E-state index contributed by atoms with van der Waals surface area (Å²) in [4.78, 5) is 28.6. The Bertz CT molecular complexity index is 1670. The second kappa shape index (κ2) is 13.3. The van der Waals surface area contributed by atoms with Crippen LogP contribution in [-0.2, 0) is 43.8 Å². The summed E-state index contributed by atoms with van der Waals surface area (Å²) in [5.74, 6) is -2.86. The molecule has 3 aliphatic rings. The van der Waals surface area contributed by atoms with Crippen molar-refractivity contribution in [1.29, 1.82) is 0 Å². The summed E-state index contributed by atoms with van der Waals surface area (Å²) >= 11 is 0. The van der Waals surface area contributed by atoms with Gasteiger partial charge in [-0.25, -0.2) is 17.2 Å². The van der Waals surface area contributed by atoms with Crippen LogP contribution in [0.5, 0.6) is 0 Å². The number of anilines is 2. The zero-order valence-electron chi connectivity index (χ0n) is 24.5. The third-order valence-corrected chi connectivity index (χ3v) is 10.1. The zero-order chi connectivity index (χ0) is 31.6. The molecule has 4 heterocycles. The molecular weight excluding hydrogens is 610 g/mol. The molecule has 3 aromatic rings. The highest BCUT2D eigenvalue weighted by Gasteiger charge is 2.33. The highest BCUT2D eigenvalue weighted by molar-refractivity contribution is 7.89. The third-order valence-electron chi connectivity index (χ3n) is 8.29. The number of halogens is 2. The first-order chi connectivity index (χ1) is 21.7. The maximum absolute atomic E-state index is 13.8. The van der Waals surface area contributed by atoms with E-state index in [0.717, 1.165) is 35.1 Å². The van der Waals surface area contributed by atoms with Gasteiger partial charge in [-0.1, -0.05) is 6.07 Å². The second-order valence-electron chi connectivity index (χ2n) is 11.3. The Hall–Kier alpha value is -3.76. The minimum atomic E-state index is -4.24. The first kappa shape index (κ1) is 31.2. The molecule has 0 radical (unpaired) electrons. The smallest absolute Gasteiger partial charge is 0.258 e. The van der Waals surface area contributed by atoms with Gasteiger partial charge in [-0.15, -0.1) is 0 Å². The topological polar surface area (TPSA) is 146 Å². The minimum absolute atomic E-state index is 0.0516. The molecule has 15 heteroatoms. The number of rotatable bonds is 8. The van der Waals surface area contributed by atoms with E-state index < -0.39 is 32.5 Å². The molecule has 0 unspecified atom stereocenters. The number of morpholine rings is 1. The molecule has 3 N–H and O–H groups in total. The molecule has 2 saturated heterocycles. The zero-order valence-corrected chi connectivity index (χ0v) is 25.3. The lowest BCUT2D eigenvalue weighted by atomic mass is 9.98. The lowest BCUT2D eigenvalue weighted by molar-refractivity contribution is -0.122. The molecule has 2 amide bonds. The number of ether oxygens (including phenoxy) is 2. The predicted octanol–water partition coefficient (Wildman–Crippen LogP) is 2.88. The molecular formula is C30H34F2N6O6S. The molecule has 1 aromatic heterocycles. The van der Waals surface area contributed by atoms with Gasteiger partial charge in [-0.05, 0) is 42.7 Å². The van der Waals surface area contributed by atoms with Gasteiger partial charge in [-0.3, -0.25) is 19.6 Å². The normalized spacial score (nSPS) is 18.4. The van der Waals surface area contributed by atoms with E-state index in [0.29, 0.717) is 68.8 Å². The molecule has 6 rings (SSSR count). The predicted molar refractivity (Wildman–Crippen MR) is 159 cm³/mol. The number of hydrogen-bond donors (Lipinski definition) is 3. The number of nitrogens with one attached hydrogen (secondary N) is 3. The van der Waals surface area contributed by atoms with Gasteiger partial charge in [0.05, 0.1) is 29.4 Å². The summed E-state index contributed by atoms with van der Waals surface area (Å²) in [5.41, 5.74) is 2.57. The van der Waals surface area contributed by atoms with E-state index in [1.54, 1.807) is 12.1 Å². The van der Waals surface area contributed by atoms with Crippen molar-refractivity contribution in [3.05, 3.63) is 70.4 Å². The number of amides is 2. The lowest BCUT2D eigenvalue weighted by Crippen LogP contribution is -2.36. The van der Waals surface area contributed by atoms with Gasteiger partial charge < -0.3 is 20.1 Å². The van der Waals surface area contributed by atoms with Crippen LogP contribution in [0.15, 0.2) is 41.3 Å². The number of aromatic amines is 1. The third kappa shape index (κ3) is 7.07. The number of carbonyl (C=O) groups is 2. The summed E-state index contributed by atoms with van der Waals surface area (Å²) in [5, 5.41) is 12.8. The number of H-pyrrole nitrogens is 1. The summed E-state index contributed by atoms with van der Waals surface area (Å²) in [6.45, 7) is 4.32. The van der Waals surface area contributed by atoms with Crippen molar-refractivity contribution in [2.24, 2.45) is 5.92 Å². The van der Waals surface area contributed by atoms with Gasteiger partial charge in [0.15, 0.2) is 5.82 Å². The standard InChI is InChI=1S/C30H34F2N6O6S/c31-21-14-22(32)16-23(15-21)45(41,42)38-6-3-26-25(18-38)28(36-35-26)34-30(40)24-2-1-19(17-37-7-11-44-12-8-37)13-27(24)33-29(39)20-4-9-43-10-5-20/h1-2,13-16,20H,3-12,17-18H2,(H,33,39)(H2,34,35,36,40). The van der Waals surface area contributed by atoms with Crippen LogP contribution in [0.25, 0.3) is 0 Å². The fraction of sp³-hybridized carbons (Fsp3) is 0.433. The minimum Gasteiger partial charge on any atom is -0.381 e. The van der Waals surface area contributed by atoms with Crippen LogP contribution in [0, 0.1) is 17.6 Å². The van der Waals surface area contributed by atoms with Crippen molar-refractivity contribution >= 4 is 33.3 Å². The molecule has 0 saturated carbocycles. The summed E-state index contributed by atoms with van der Waals surface area (Å²) < 4.78 is 66.1. The fourth-order valence-corrected chi connectivity index (χ4v) is 7.24. The Morgan fingerprint density at radius 2 is 1.67 bits per heavy atom. The number of carbonyl (C=O) groups excluding carboxylic acids is 2. The van der Waals surface area contributed by atoms with E-state index in [4.69, 9.17) is 9.47 Å². The number of sulfonamides is 1. The van der Waals surface area contributed by atoms with Crippen molar-refractivity contribution in [3.8, 4) is 0 Å². The molecule has 3 aliphatic heterocycles. The highest BCUT2D eigenvalue weighted by Crippen LogP contribution is 2.30. The maximum Gasteiger partial charge on any atom is 0.258 e. The Morgan fingerprint density at radius 3 is 2.40 bits per heavy atom. The Labute approximate surface area is 259 Å². The number of nitrogens with zero attached hydrogens (tertiary/aromatic N) is 3. The van der Waals surface area contributed by atoms with E-state index in [1.807, 2.05) is 6.07 Å². The van der Waals surface area contributed by atoms with E-state index in [1.165, 1.54) is 0 Å². The average Bonchev–Trinajstić information content (AvgIpc) is 3.43. The molecule has 12 nitrogen and oxygen atoms in total. The van der Waals surface area contributed by atoms with Crippen LogP contribution < -0.4 is 10.6 Å². The van der Waals surface area contributed by atoms with Gasteiger partial charge in [0.25, 0.3) is 5.91 Å². The molecule has 2 fully saturated rings. The van der Waals surface area contributed by atoms with Gasteiger partial charge in [-0.2, -0.15) is 9.40 Å². The quantitative estimate of drug-likeness (QED) is 0.340. The Balaban J connectivity index is 1.23. The largest absolute Gasteiger partial charge is 0.381 e. The molecule has 240 valence electrons. The average molecular weight is 645 g/mol. The van der Waals surface area contributed by atoms with Crippen LogP contribution in [0.1, 0.15) is 40.0 Å². The number of benzene rings is 2. The van der Waals surface area contributed by atoms with Crippen LogP contribution in [0.3, 0.4) is 0 Å². The summed E-state index contributed by atoms with van der Waals surface area (Å²) in [6, 6.07) is 7.43. The van der Waals surface area contributed by atoms with Gasteiger partial charge >= 0.3 is 0 Å². The first-order valence-corrected chi connectivity index (χ1v) is 16.3. The second-order valence-corrected chi connectivity index (χ2v) is 13.3.